The summed E-state index contributed by atoms with van der Waals surface area (Å²) in [5, 5.41) is 0. The number of anilines is 1. The van der Waals surface area contributed by atoms with E-state index >= 15 is 0 Å². The number of aromatic nitrogens is 1. The number of ketones is 1. The van der Waals surface area contributed by atoms with Gasteiger partial charge in [-0.05, 0) is 30.7 Å². The third kappa shape index (κ3) is 1.80. The fraction of sp³-hybridized carbons (Fsp3) is 0.0769. The minimum atomic E-state index is -0.0436. The van der Waals surface area contributed by atoms with E-state index in [0.29, 0.717) is 16.8 Å². The van der Waals surface area contributed by atoms with Gasteiger partial charge >= 0.3 is 0 Å². The summed E-state index contributed by atoms with van der Waals surface area (Å²) in [7, 11) is 0. The molecule has 0 spiro atoms. The van der Waals surface area contributed by atoms with Gasteiger partial charge in [0.25, 0.3) is 0 Å². The highest BCUT2D eigenvalue weighted by Crippen LogP contribution is 2.18. The molecule has 16 heavy (non-hydrogen) atoms. The number of carbonyl (C=O) groups excluding carboxylic acids is 1. The lowest BCUT2D eigenvalue weighted by Gasteiger charge is -2.06. The van der Waals surface area contributed by atoms with E-state index < -0.39 is 0 Å². The Morgan fingerprint density at radius 2 is 2.06 bits per heavy atom. The Balaban J connectivity index is 2.46. The van der Waals surface area contributed by atoms with Crippen LogP contribution >= 0.6 is 0 Å². The van der Waals surface area contributed by atoms with Crippen LogP contribution in [0.3, 0.4) is 0 Å². The minimum absolute atomic E-state index is 0.0436. The van der Waals surface area contributed by atoms with Crippen LogP contribution in [0.4, 0.5) is 5.69 Å². The monoisotopic (exact) mass is 212 g/mol. The highest BCUT2D eigenvalue weighted by Gasteiger charge is 2.12. The molecule has 0 amide bonds. The van der Waals surface area contributed by atoms with Gasteiger partial charge in [0.15, 0.2) is 5.78 Å². The maximum Gasteiger partial charge on any atom is 0.194 e. The Hall–Kier alpha value is -2.16. The van der Waals surface area contributed by atoms with Crippen molar-refractivity contribution < 1.29 is 4.79 Å². The first-order valence-corrected chi connectivity index (χ1v) is 5.00. The Bertz CT molecular complexity index is 521. The number of hydrogen-bond acceptors (Lipinski definition) is 3. The molecule has 1 heterocycles. The molecule has 2 aromatic rings. The Morgan fingerprint density at radius 1 is 1.25 bits per heavy atom. The third-order valence-electron chi connectivity index (χ3n) is 2.54. The van der Waals surface area contributed by atoms with Crippen LogP contribution in [0.2, 0.25) is 0 Å². The van der Waals surface area contributed by atoms with Gasteiger partial charge in [-0.15, -0.1) is 0 Å². The molecule has 0 atom stereocenters. The second kappa shape index (κ2) is 4.14. The molecule has 80 valence electrons. The fourth-order valence-electron chi connectivity index (χ4n) is 1.55. The molecule has 0 fully saturated rings. The highest BCUT2D eigenvalue weighted by atomic mass is 16.1. The van der Waals surface area contributed by atoms with Gasteiger partial charge < -0.3 is 5.73 Å². The van der Waals surface area contributed by atoms with Gasteiger partial charge in [-0.1, -0.05) is 12.1 Å². The molecule has 0 saturated heterocycles. The standard InChI is InChI=1S/C13H12N2O/c1-9-11(5-2-6-12(9)14)13(16)10-4-3-7-15-8-10/h2-8H,14H2,1H3. The van der Waals surface area contributed by atoms with Crippen molar-refractivity contribution in [2.75, 3.05) is 5.73 Å². The van der Waals surface area contributed by atoms with Crippen molar-refractivity contribution in [3.05, 3.63) is 59.4 Å². The van der Waals surface area contributed by atoms with Crippen molar-refractivity contribution in [3.63, 3.8) is 0 Å². The molecule has 0 unspecified atom stereocenters. The smallest absolute Gasteiger partial charge is 0.194 e. The van der Waals surface area contributed by atoms with Crippen molar-refractivity contribution in [2.45, 2.75) is 6.92 Å². The molecular formula is C13H12N2O. The molecule has 3 nitrogen and oxygen atoms in total. The number of nitrogens with two attached hydrogens (primary N) is 1. The number of nitrogens with zero attached hydrogens (tertiary/aromatic N) is 1. The summed E-state index contributed by atoms with van der Waals surface area (Å²) in [4.78, 5) is 16.1. The average Bonchev–Trinajstić information content (AvgIpc) is 2.33. The van der Waals surface area contributed by atoms with E-state index in [1.807, 2.05) is 6.92 Å². The van der Waals surface area contributed by atoms with E-state index in [-0.39, 0.29) is 5.78 Å². The van der Waals surface area contributed by atoms with Gasteiger partial charge in [0, 0.05) is 29.2 Å². The molecule has 3 heteroatoms. The van der Waals surface area contributed by atoms with Crippen LogP contribution in [-0.4, -0.2) is 10.8 Å². The molecule has 0 aliphatic carbocycles. The average molecular weight is 212 g/mol. The molecule has 1 aromatic carbocycles. The fourth-order valence-corrected chi connectivity index (χ4v) is 1.55. The number of rotatable bonds is 2. The summed E-state index contributed by atoms with van der Waals surface area (Å²) in [5.74, 6) is -0.0436. The van der Waals surface area contributed by atoms with Gasteiger partial charge in [-0.25, -0.2) is 0 Å². The summed E-state index contributed by atoms with van der Waals surface area (Å²) < 4.78 is 0. The zero-order valence-electron chi connectivity index (χ0n) is 8.97. The SMILES string of the molecule is Cc1c(N)cccc1C(=O)c1cccnc1. The lowest BCUT2D eigenvalue weighted by Crippen LogP contribution is -2.05. The summed E-state index contributed by atoms with van der Waals surface area (Å²) in [6, 6.07) is 8.84. The first-order valence-electron chi connectivity index (χ1n) is 5.00. The van der Waals surface area contributed by atoms with E-state index in [0.717, 1.165) is 5.56 Å². The van der Waals surface area contributed by atoms with Crippen molar-refractivity contribution in [1.29, 1.82) is 0 Å². The van der Waals surface area contributed by atoms with Gasteiger partial charge in [0.05, 0.1) is 0 Å². The van der Waals surface area contributed by atoms with Crippen molar-refractivity contribution in [3.8, 4) is 0 Å². The number of carbonyl (C=O) groups is 1. The molecule has 0 saturated carbocycles. The quantitative estimate of drug-likeness (QED) is 0.613. The van der Waals surface area contributed by atoms with E-state index in [1.54, 1.807) is 42.7 Å². The van der Waals surface area contributed by atoms with Crippen LogP contribution in [0.5, 0.6) is 0 Å². The summed E-state index contributed by atoms with van der Waals surface area (Å²) in [6.45, 7) is 1.85. The van der Waals surface area contributed by atoms with Crippen LogP contribution < -0.4 is 5.73 Å². The summed E-state index contributed by atoms with van der Waals surface area (Å²) in [6.07, 6.45) is 3.20. The predicted octanol–water partition coefficient (Wildman–Crippen LogP) is 2.20. The minimum Gasteiger partial charge on any atom is -0.398 e. The number of benzene rings is 1. The number of hydrogen-bond donors (Lipinski definition) is 1. The molecule has 1 aromatic heterocycles. The first kappa shape index (κ1) is 10.4. The van der Waals surface area contributed by atoms with Crippen LogP contribution in [-0.2, 0) is 0 Å². The summed E-state index contributed by atoms with van der Waals surface area (Å²) in [5.41, 5.74) is 8.43. The van der Waals surface area contributed by atoms with Crippen LogP contribution in [0, 0.1) is 6.92 Å². The molecule has 0 radical (unpaired) electrons. The maximum absolute atomic E-state index is 12.1. The highest BCUT2D eigenvalue weighted by molar-refractivity contribution is 6.10. The second-order valence-electron chi connectivity index (χ2n) is 3.59. The Kier molecular flexibility index (Phi) is 2.68. The van der Waals surface area contributed by atoms with Gasteiger partial charge in [-0.3, -0.25) is 9.78 Å². The van der Waals surface area contributed by atoms with Crippen LogP contribution in [0.15, 0.2) is 42.7 Å². The predicted molar refractivity (Wildman–Crippen MR) is 63.3 cm³/mol. The Labute approximate surface area is 93.9 Å². The third-order valence-corrected chi connectivity index (χ3v) is 2.54. The van der Waals surface area contributed by atoms with E-state index in [1.165, 1.54) is 0 Å². The zero-order chi connectivity index (χ0) is 11.5. The first-order chi connectivity index (χ1) is 7.70. The lowest BCUT2D eigenvalue weighted by atomic mass is 9.99. The maximum atomic E-state index is 12.1. The molecule has 0 aliphatic heterocycles. The van der Waals surface area contributed by atoms with Crippen molar-refractivity contribution >= 4 is 11.5 Å². The largest absolute Gasteiger partial charge is 0.398 e. The van der Waals surface area contributed by atoms with Gasteiger partial charge in [-0.2, -0.15) is 0 Å². The number of pyridine rings is 1. The molecule has 2 rings (SSSR count). The summed E-state index contributed by atoms with van der Waals surface area (Å²) >= 11 is 0. The molecular weight excluding hydrogens is 200 g/mol. The van der Waals surface area contributed by atoms with E-state index in [2.05, 4.69) is 4.98 Å². The Morgan fingerprint density at radius 3 is 2.75 bits per heavy atom. The number of nitrogen functional groups attached to an aromatic ring is 1. The normalized spacial score (nSPS) is 10.1. The molecule has 0 aliphatic rings. The topological polar surface area (TPSA) is 56.0 Å². The second-order valence-corrected chi connectivity index (χ2v) is 3.59. The van der Waals surface area contributed by atoms with Crippen LogP contribution in [0.25, 0.3) is 0 Å². The van der Waals surface area contributed by atoms with Crippen molar-refractivity contribution in [2.24, 2.45) is 0 Å². The lowest BCUT2D eigenvalue weighted by molar-refractivity contribution is 0.103. The van der Waals surface area contributed by atoms with E-state index in [9.17, 15) is 4.79 Å². The molecule has 2 N–H and O–H groups in total. The van der Waals surface area contributed by atoms with E-state index in [4.69, 9.17) is 5.73 Å². The van der Waals surface area contributed by atoms with Crippen LogP contribution in [0.1, 0.15) is 21.5 Å². The zero-order valence-corrected chi connectivity index (χ0v) is 8.97. The van der Waals surface area contributed by atoms with Gasteiger partial charge in [0.2, 0.25) is 0 Å². The van der Waals surface area contributed by atoms with Gasteiger partial charge in [0.1, 0.15) is 0 Å². The van der Waals surface area contributed by atoms with Crippen molar-refractivity contribution in [1.82, 2.24) is 4.98 Å². The molecule has 0 bridgehead atoms.